The van der Waals surface area contributed by atoms with Gasteiger partial charge in [-0.25, -0.2) is 0 Å². The van der Waals surface area contributed by atoms with Crippen LogP contribution in [-0.2, 0) is 10.0 Å². The minimum atomic E-state index is -3.81. The summed E-state index contributed by atoms with van der Waals surface area (Å²) in [6.45, 7) is 3.26. The van der Waals surface area contributed by atoms with Gasteiger partial charge < -0.3 is 10.2 Å². The fourth-order valence-corrected chi connectivity index (χ4v) is 6.38. The Hall–Kier alpha value is -2.71. The van der Waals surface area contributed by atoms with Gasteiger partial charge in [0.15, 0.2) is 0 Å². The molecule has 33 heavy (non-hydrogen) atoms. The van der Waals surface area contributed by atoms with Gasteiger partial charge in [0.05, 0.1) is 11.7 Å². The first-order valence-electron chi connectivity index (χ1n) is 11.9. The standard InChI is InChI=1S/C25H30N4O3S/c30-25(26-18-22(28-14-7-8-15-28)19-9-3-1-4-10-19)20-12-13-21-23(17-20)33(31,32)27-24-11-5-2-6-16-29(21)24/h1,3-4,9-10,12-13,17,22H,2,5-8,11,14-16,18H2,(H,26,30)/t22-/m1/s1. The predicted molar refractivity (Wildman–Crippen MR) is 129 cm³/mol. The maximum absolute atomic E-state index is 13.1. The number of carbonyl (C=O) groups is 1. The molecule has 7 nitrogen and oxygen atoms in total. The summed E-state index contributed by atoms with van der Waals surface area (Å²) in [6, 6.07) is 15.3. The van der Waals surface area contributed by atoms with Crippen molar-refractivity contribution >= 4 is 27.5 Å². The number of nitrogens with zero attached hydrogens (tertiary/aromatic N) is 3. The zero-order valence-electron chi connectivity index (χ0n) is 18.7. The van der Waals surface area contributed by atoms with Crippen LogP contribution in [0.4, 0.5) is 5.69 Å². The minimum Gasteiger partial charge on any atom is -0.350 e. The van der Waals surface area contributed by atoms with Crippen LogP contribution in [-0.4, -0.2) is 51.2 Å². The maximum atomic E-state index is 13.1. The number of rotatable bonds is 5. The topological polar surface area (TPSA) is 82.1 Å². The molecule has 2 saturated heterocycles. The lowest BCUT2D eigenvalue weighted by molar-refractivity contribution is 0.0937. The summed E-state index contributed by atoms with van der Waals surface area (Å²) in [5.41, 5.74) is 2.16. The number of nitrogens with one attached hydrogen (secondary N) is 1. The molecule has 3 aliphatic rings. The summed E-state index contributed by atoms with van der Waals surface area (Å²) in [5.74, 6) is 0.354. The van der Waals surface area contributed by atoms with Gasteiger partial charge in [0.2, 0.25) is 0 Å². The first-order valence-corrected chi connectivity index (χ1v) is 13.3. The Balaban J connectivity index is 1.37. The third kappa shape index (κ3) is 4.54. The molecule has 174 valence electrons. The van der Waals surface area contributed by atoms with E-state index in [1.54, 1.807) is 12.1 Å². The van der Waals surface area contributed by atoms with E-state index in [1.165, 1.54) is 24.5 Å². The summed E-state index contributed by atoms with van der Waals surface area (Å²) in [4.78, 5) is 17.6. The minimum absolute atomic E-state index is 0.100. The van der Waals surface area contributed by atoms with E-state index in [9.17, 15) is 13.2 Å². The molecule has 0 aliphatic carbocycles. The van der Waals surface area contributed by atoms with Crippen molar-refractivity contribution in [2.24, 2.45) is 4.40 Å². The highest BCUT2D eigenvalue weighted by Gasteiger charge is 2.32. The van der Waals surface area contributed by atoms with E-state index in [0.717, 1.165) is 38.9 Å². The molecule has 0 radical (unpaired) electrons. The summed E-state index contributed by atoms with van der Waals surface area (Å²) in [7, 11) is -3.81. The summed E-state index contributed by atoms with van der Waals surface area (Å²) >= 11 is 0. The number of benzene rings is 2. The van der Waals surface area contributed by atoms with E-state index in [4.69, 9.17) is 0 Å². The Labute approximate surface area is 195 Å². The van der Waals surface area contributed by atoms with E-state index in [0.29, 0.717) is 30.1 Å². The maximum Gasteiger partial charge on any atom is 0.286 e. The molecule has 1 atom stereocenters. The molecule has 0 bridgehead atoms. The van der Waals surface area contributed by atoms with Crippen molar-refractivity contribution < 1.29 is 13.2 Å². The Kier molecular flexibility index (Phi) is 6.21. The molecule has 3 aliphatic heterocycles. The third-order valence-corrected chi connectivity index (χ3v) is 8.17. The van der Waals surface area contributed by atoms with Crippen molar-refractivity contribution in [3.05, 3.63) is 59.7 Å². The Morgan fingerprint density at radius 3 is 2.52 bits per heavy atom. The van der Waals surface area contributed by atoms with Gasteiger partial charge in [0.25, 0.3) is 15.9 Å². The average molecular weight is 467 g/mol. The molecule has 2 fully saturated rings. The van der Waals surface area contributed by atoms with Crippen molar-refractivity contribution in [3.63, 3.8) is 0 Å². The number of carbonyl (C=O) groups excluding carboxylic acids is 1. The molecule has 0 aromatic heterocycles. The van der Waals surface area contributed by atoms with Crippen LogP contribution in [0.2, 0.25) is 0 Å². The number of fused-ring (bicyclic) bond motifs is 3. The van der Waals surface area contributed by atoms with Crippen LogP contribution in [0.5, 0.6) is 0 Å². The van der Waals surface area contributed by atoms with Crippen molar-refractivity contribution in [2.75, 3.05) is 31.1 Å². The van der Waals surface area contributed by atoms with Crippen molar-refractivity contribution in [2.45, 2.75) is 49.5 Å². The highest BCUT2D eigenvalue weighted by molar-refractivity contribution is 7.90. The monoisotopic (exact) mass is 466 g/mol. The highest BCUT2D eigenvalue weighted by atomic mass is 32.2. The van der Waals surface area contributed by atoms with Gasteiger partial charge in [-0.05, 0) is 62.5 Å². The van der Waals surface area contributed by atoms with Crippen LogP contribution in [0.3, 0.4) is 0 Å². The van der Waals surface area contributed by atoms with Crippen LogP contribution in [0.25, 0.3) is 0 Å². The number of sulfonamides is 1. The first-order chi connectivity index (χ1) is 16.0. The van der Waals surface area contributed by atoms with E-state index < -0.39 is 10.0 Å². The molecular weight excluding hydrogens is 436 g/mol. The van der Waals surface area contributed by atoms with Gasteiger partial charge in [-0.1, -0.05) is 36.8 Å². The fraction of sp³-hybridized carbons (Fsp3) is 0.440. The molecule has 1 amide bonds. The van der Waals surface area contributed by atoms with Crippen molar-refractivity contribution in [1.29, 1.82) is 0 Å². The number of hydrogen-bond donors (Lipinski definition) is 1. The molecule has 0 saturated carbocycles. The van der Waals surface area contributed by atoms with E-state index in [-0.39, 0.29) is 16.8 Å². The zero-order valence-corrected chi connectivity index (χ0v) is 19.6. The Morgan fingerprint density at radius 2 is 1.73 bits per heavy atom. The number of amidine groups is 1. The lowest BCUT2D eigenvalue weighted by Gasteiger charge is -2.30. The van der Waals surface area contributed by atoms with E-state index in [1.807, 2.05) is 23.1 Å². The molecule has 1 N–H and O–H groups in total. The quantitative estimate of drug-likeness (QED) is 0.726. The Bertz CT molecular complexity index is 1160. The van der Waals surface area contributed by atoms with Crippen LogP contribution < -0.4 is 10.2 Å². The summed E-state index contributed by atoms with van der Waals surface area (Å²) in [6.07, 6.45) is 6.00. The van der Waals surface area contributed by atoms with Crippen LogP contribution >= 0.6 is 0 Å². The lowest BCUT2D eigenvalue weighted by Crippen LogP contribution is -2.37. The van der Waals surface area contributed by atoms with Crippen molar-refractivity contribution in [3.8, 4) is 0 Å². The Morgan fingerprint density at radius 1 is 0.970 bits per heavy atom. The smallest absolute Gasteiger partial charge is 0.286 e. The van der Waals surface area contributed by atoms with Crippen molar-refractivity contribution in [1.82, 2.24) is 10.2 Å². The van der Waals surface area contributed by atoms with E-state index in [2.05, 4.69) is 26.7 Å². The molecule has 5 rings (SSSR count). The van der Waals surface area contributed by atoms with Crippen LogP contribution in [0, 0.1) is 0 Å². The molecule has 8 heteroatoms. The highest BCUT2D eigenvalue weighted by Crippen LogP contribution is 2.35. The van der Waals surface area contributed by atoms with Gasteiger partial charge in [-0.15, -0.1) is 4.40 Å². The lowest BCUT2D eigenvalue weighted by atomic mass is 10.1. The van der Waals surface area contributed by atoms with Crippen LogP contribution in [0.1, 0.15) is 60.5 Å². The summed E-state index contributed by atoms with van der Waals surface area (Å²) < 4.78 is 29.9. The second-order valence-electron chi connectivity index (χ2n) is 9.01. The number of likely N-dealkylation sites (tertiary alicyclic amines) is 1. The SMILES string of the molecule is O=C(NC[C@H](c1ccccc1)N1CCCC1)c1ccc2c(c1)S(=O)(=O)N=C1CCCCCN12. The number of hydrogen-bond acceptors (Lipinski definition) is 5. The fourth-order valence-electron chi connectivity index (χ4n) is 5.10. The molecule has 0 unspecified atom stereocenters. The second kappa shape index (κ2) is 9.27. The largest absolute Gasteiger partial charge is 0.350 e. The van der Waals surface area contributed by atoms with E-state index >= 15 is 0 Å². The van der Waals surface area contributed by atoms with Gasteiger partial charge in [-0.3, -0.25) is 9.69 Å². The normalized spacial score (nSPS) is 20.8. The third-order valence-electron chi connectivity index (χ3n) is 6.83. The number of anilines is 1. The first kappa shape index (κ1) is 22.1. The zero-order chi connectivity index (χ0) is 22.8. The van der Waals surface area contributed by atoms with Crippen LogP contribution in [0.15, 0.2) is 57.8 Å². The van der Waals surface area contributed by atoms with Gasteiger partial charge >= 0.3 is 0 Å². The average Bonchev–Trinajstić information content (AvgIpc) is 3.25. The predicted octanol–water partition coefficient (Wildman–Crippen LogP) is 3.73. The number of amides is 1. The molecular formula is C25H30N4O3S. The molecule has 0 spiro atoms. The molecule has 2 aromatic rings. The molecule has 2 aromatic carbocycles. The van der Waals surface area contributed by atoms with Gasteiger partial charge in [-0.2, -0.15) is 8.42 Å². The second-order valence-corrected chi connectivity index (χ2v) is 10.6. The molecule has 3 heterocycles. The van der Waals surface area contributed by atoms with Gasteiger partial charge in [0.1, 0.15) is 10.7 Å². The summed E-state index contributed by atoms with van der Waals surface area (Å²) in [5, 5.41) is 3.05. The van der Waals surface area contributed by atoms with Gasteiger partial charge in [0, 0.05) is 25.1 Å².